The zero-order valence-corrected chi connectivity index (χ0v) is 14.9. The molecule has 1 aliphatic carbocycles. The van der Waals surface area contributed by atoms with Crippen LogP contribution in [0.4, 0.5) is 0 Å². The van der Waals surface area contributed by atoms with Gasteiger partial charge in [0.05, 0.1) is 7.11 Å². The Hall–Kier alpha value is -0.540. The first kappa shape index (κ1) is 16.8. The van der Waals surface area contributed by atoms with Gasteiger partial charge >= 0.3 is 0 Å². The lowest BCUT2D eigenvalue weighted by Crippen LogP contribution is -2.37. The van der Waals surface area contributed by atoms with Gasteiger partial charge in [-0.3, -0.25) is 0 Å². The Bertz CT molecular complexity index is 453. The highest BCUT2D eigenvalue weighted by atomic mass is 79.9. The van der Waals surface area contributed by atoms with Gasteiger partial charge in [0, 0.05) is 4.47 Å². The van der Waals surface area contributed by atoms with Crippen molar-refractivity contribution < 1.29 is 4.74 Å². The third kappa shape index (κ3) is 4.23. The van der Waals surface area contributed by atoms with Crippen LogP contribution in [0.15, 0.2) is 22.7 Å². The molecule has 1 aromatic carbocycles. The van der Waals surface area contributed by atoms with Gasteiger partial charge in [-0.05, 0) is 73.7 Å². The second kappa shape index (κ2) is 7.64. The number of rotatable bonds is 6. The largest absolute Gasteiger partial charge is 0.497 e. The second-order valence-corrected chi connectivity index (χ2v) is 7.42. The van der Waals surface area contributed by atoms with Crippen LogP contribution < -0.4 is 10.5 Å². The minimum absolute atomic E-state index is 0.277. The van der Waals surface area contributed by atoms with E-state index >= 15 is 0 Å². The molecule has 1 saturated carbocycles. The average Bonchev–Trinajstić information content (AvgIpc) is 2.52. The molecule has 0 unspecified atom stereocenters. The van der Waals surface area contributed by atoms with Crippen molar-refractivity contribution in [2.75, 3.05) is 13.7 Å². The normalized spacial score (nSPS) is 25.8. The SMILES string of the molecule is CCCC1CCC(CN)(Cc2cc(OC)ccc2Br)CC1. The van der Waals surface area contributed by atoms with Crippen molar-refractivity contribution >= 4 is 15.9 Å². The Kier molecular flexibility index (Phi) is 6.12. The van der Waals surface area contributed by atoms with Crippen molar-refractivity contribution in [3.05, 3.63) is 28.2 Å². The number of methoxy groups -OCH3 is 1. The number of ether oxygens (including phenoxy) is 1. The minimum atomic E-state index is 0.277. The summed E-state index contributed by atoms with van der Waals surface area (Å²) in [7, 11) is 1.72. The van der Waals surface area contributed by atoms with E-state index in [0.717, 1.165) is 24.6 Å². The fraction of sp³-hybridized carbons (Fsp3) is 0.667. The first-order valence-corrected chi connectivity index (χ1v) is 8.94. The summed E-state index contributed by atoms with van der Waals surface area (Å²) in [4.78, 5) is 0. The lowest BCUT2D eigenvalue weighted by molar-refractivity contribution is 0.150. The Morgan fingerprint density at radius 1 is 1.33 bits per heavy atom. The van der Waals surface area contributed by atoms with Gasteiger partial charge in [-0.2, -0.15) is 0 Å². The van der Waals surface area contributed by atoms with Crippen molar-refractivity contribution in [3.8, 4) is 5.75 Å². The molecule has 0 radical (unpaired) electrons. The van der Waals surface area contributed by atoms with Crippen molar-refractivity contribution in [3.63, 3.8) is 0 Å². The van der Waals surface area contributed by atoms with Gasteiger partial charge in [0.2, 0.25) is 0 Å². The molecule has 0 bridgehead atoms. The average molecular weight is 354 g/mol. The van der Waals surface area contributed by atoms with E-state index in [9.17, 15) is 0 Å². The molecule has 0 atom stereocenters. The molecule has 2 nitrogen and oxygen atoms in total. The van der Waals surface area contributed by atoms with E-state index in [-0.39, 0.29) is 5.41 Å². The van der Waals surface area contributed by atoms with Crippen molar-refractivity contribution in [1.82, 2.24) is 0 Å². The van der Waals surface area contributed by atoms with Gasteiger partial charge in [-0.1, -0.05) is 35.7 Å². The molecule has 0 aromatic heterocycles. The van der Waals surface area contributed by atoms with E-state index in [0.29, 0.717) is 0 Å². The van der Waals surface area contributed by atoms with Crippen LogP contribution in [0.25, 0.3) is 0 Å². The minimum Gasteiger partial charge on any atom is -0.497 e. The first-order chi connectivity index (χ1) is 10.1. The van der Waals surface area contributed by atoms with Gasteiger partial charge in [-0.25, -0.2) is 0 Å². The number of hydrogen-bond donors (Lipinski definition) is 1. The molecule has 0 aliphatic heterocycles. The molecule has 1 aromatic rings. The van der Waals surface area contributed by atoms with Crippen LogP contribution in [0.1, 0.15) is 51.0 Å². The molecular weight excluding hydrogens is 326 g/mol. The molecule has 2 N–H and O–H groups in total. The molecule has 2 rings (SSSR count). The van der Waals surface area contributed by atoms with Crippen LogP contribution in [0.3, 0.4) is 0 Å². The zero-order chi connectivity index (χ0) is 15.3. The third-order valence-electron chi connectivity index (χ3n) is 5.11. The smallest absolute Gasteiger partial charge is 0.119 e. The molecule has 3 heteroatoms. The summed E-state index contributed by atoms with van der Waals surface area (Å²) in [6, 6.07) is 6.24. The first-order valence-electron chi connectivity index (χ1n) is 8.15. The topological polar surface area (TPSA) is 35.2 Å². The maximum absolute atomic E-state index is 6.18. The molecule has 118 valence electrons. The molecule has 0 heterocycles. The maximum Gasteiger partial charge on any atom is 0.119 e. The molecular formula is C18H28BrNO. The van der Waals surface area contributed by atoms with Crippen LogP contribution in [0.5, 0.6) is 5.75 Å². The van der Waals surface area contributed by atoms with E-state index in [4.69, 9.17) is 10.5 Å². The van der Waals surface area contributed by atoms with Gasteiger partial charge in [0.1, 0.15) is 5.75 Å². The highest BCUT2D eigenvalue weighted by Crippen LogP contribution is 2.43. The van der Waals surface area contributed by atoms with E-state index in [1.165, 1.54) is 48.6 Å². The number of hydrogen-bond acceptors (Lipinski definition) is 2. The maximum atomic E-state index is 6.18. The van der Waals surface area contributed by atoms with Crippen LogP contribution in [0, 0.1) is 11.3 Å². The summed E-state index contributed by atoms with van der Waals surface area (Å²) >= 11 is 3.68. The lowest BCUT2D eigenvalue weighted by Gasteiger charge is -2.40. The second-order valence-electron chi connectivity index (χ2n) is 6.57. The number of nitrogens with two attached hydrogens (primary N) is 1. The predicted octanol–water partition coefficient (Wildman–Crippen LogP) is 4.94. The van der Waals surface area contributed by atoms with Crippen LogP contribution in [-0.2, 0) is 6.42 Å². The number of benzene rings is 1. The van der Waals surface area contributed by atoms with Crippen LogP contribution in [0.2, 0.25) is 0 Å². The summed E-state index contributed by atoms with van der Waals surface area (Å²) in [6.45, 7) is 3.08. The fourth-order valence-corrected chi connectivity index (χ4v) is 4.04. The highest BCUT2D eigenvalue weighted by Gasteiger charge is 2.34. The quantitative estimate of drug-likeness (QED) is 0.786. The van der Waals surface area contributed by atoms with E-state index in [1.807, 2.05) is 6.07 Å². The monoisotopic (exact) mass is 353 g/mol. The summed E-state index contributed by atoms with van der Waals surface area (Å²) in [5.41, 5.74) is 7.78. The highest BCUT2D eigenvalue weighted by molar-refractivity contribution is 9.10. The number of halogens is 1. The van der Waals surface area contributed by atoms with E-state index < -0.39 is 0 Å². The molecule has 0 spiro atoms. The Labute approximate surface area is 137 Å². The summed E-state index contributed by atoms with van der Waals surface area (Å²) in [6.07, 6.45) is 8.94. The fourth-order valence-electron chi connectivity index (χ4n) is 3.66. The lowest BCUT2D eigenvalue weighted by atomic mass is 9.67. The van der Waals surface area contributed by atoms with Crippen LogP contribution >= 0.6 is 15.9 Å². The van der Waals surface area contributed by atoms with Gasteiger partial charge in [0.25, 0.3) is 0 Å². The van der Waals surface area contributed by atoms with Crippen molar-refractivity contribution in [2.45, 2.75) is 51.9 Å². The Morgan fingerprint density at radius 3 is 2.62 bits per heavy atom. The van der Waals surface area contributed by atoms with Crippen molar-refractivity contribution in [2.24, 2.45) is 17.1 Å². The summed E-state index contributed by atoms with van der Waals surface area (Å²) < 4.78 is 6.54. The van der Waals surface area contributed by atoms with Gasteiger partial charge < -0.3 is 10.5 Å². The Balaban J connectivity index is 2.09. The van der Waals surface area contributed by atoms with Gasteiger partial charge in [0.15, 0.2) is 0 Å². The zero-order valence-electron chi connectivity index (χ0n) is 13.3. The Morgan fingerprint density at radius 2 is 2.05 bits per heavy atom. The van der Waals surface area contributed by atoms with Gasteiger partial charge in [-0.15, -0.1) is 0 Å². The van der Waals surface area contributed by atoms with E-state index in [1.54, 1.807) is 7.11 Å². The van der Waals surface area contributed by atoms with Crippen LogP contribution in [-0.4, -0.2) is 13.7 Å². The molecule has 0 saturated heterocycles. The molecule has 21 heavy (non-hydrogen) atoms. The molecule has 1 fully saturated rings. The van der Waals surface area contributed by atoms with Crippen molar-refractivity contribution in [1.29, 1.82) is 0 Å². The van der Waals surface area contributed by atoms with E-state index in [2.05, 4.69) is 35.0 Å². The molecule has 0 amide bonds. The summed E-state index contributed by atoms with van der Waals surface area (Å²) in [5.74, 6) is 1.85. The third-order valence-corrected chi connectivity index (χ3v) is 5.89. The summed E-state index contributed by atoms with van der Waals surface area (Å²) in [5, 5.41) is 0. The standard InChI is InChI=1S/C18H28BrNO/c1-3-4-14-7-9-18(13-20,10-8-14)12-15-11-16(21-2)5-6-17(15)19/h5-6,11,14H,3-4,7-10,12-13,20H2,1-2H3. The molecule has 1 aliphatic rings. The predicted molar refractivity (Wildman–Crippen MR) is 92.8 cm³/mol.